The highest BCUT2D eigenvalue weighted by molar-refractivity contribution is 7.98. The molecule has 26 heavy (non-hydrogen) atoms. The van der Waals surface area contributed by atoms with Gasteiger partial charge in [0.25, 0.3) is 5.91 Å². The van der Waals surface area contributed by atoms with Crippen LogP contribution in [0.2, 0.25) is 0 Å². The fraction of sp³-hybridized carbons (Fsp3) is 0.333. The van der Waals surface area contributed by atoms with Crippen LogP contribution in [0.4, 0.5) is 0 Å². The molecule has 1 amide bonds. The summed E-state index contributed by atoms with van der Waals surface area (Å²) in [4.78, 5) is 36.7. The Kier molecular flexibility index (Phi) is 6.97. The van der Waals surface area contributed by atoms with Crippen LogP contribution in [0.5, 0.6) is 0 Å². The van der Waals surface area contributed by atoms with Crippen molar-refractivity contribution in [3.8, 4) is 5.69 Å². The van der Waals surface area contributed by atoms with Crippen LogP contribution in [0.3, 0.4) is 0 Å². The second kappa shape index (κ2) is 9.19. The molecule has 2 rings (SSSR count). The van der Waals surface area contributed by atoms with Gasteiger partial charge in [-0.25, -0.2) is 9.48 Å². The minimum Gasteiger partial charge on any atom is -0.467 e. The molecule has 2 aromatic rings. The number of methoxy groups -OCH3 is 1. The average Bonchev–Trinajstić information content (AvgIpc) is 2.65. The van der Waals surface area contributed by atoms with E-state index in [1.54, 1.807) is 18.7 Å². The molecule has 1 heterocycles. The lowest BCUT2D eigenvalue weighted by Crippen LogP contribution is -2.44. The van der Waals surface area contributed by atoms with Gasteiger partial charge in [0.05, 0.1) is 12.8 Å². The highest BCUT2D eigenvalue weighted by Gasteiger charge is 2.24. The Morgan fingerprint density at radius 1 is 1.31 bits per heavy atom. The smallest absolute Gasteiger partial charge is 0.328 e. The van der Waals surface area contributed by atoms with Crippen LogP contribution >= 0.6 is 11.8 Å². The van der Waals surface area contributed by atoms with Crippen LogP contribution in [0, 0.1) is 6.92 Å². The number of aryl methyl sites for hydroxylation is 1. The van der Waals surface area contributed by atoms with Crippen LogP contribution in [0.15, 0.2) is 41.2 Å². The molecule has 0 fully saturated rings. The van der Waals surface area contributed by atoms with Crippen LogP contribution in [0.1, 0.15) is 22.6 Å². The summed E-state index contributed by atoms with van der Waals surface area (Å²) in [5.74, 6) is -0.589. The fourth-order valence-corrected chi connectivity index (χ4v) is 2.86. The number of carbonyl (C=O) groups excluding carboxylic acids is 2. The highest BCUT2D eigenvalue weighted by Crippen LogP contribution is 2.08. The van der Waals surface area contributed by atoms with Gasteiger partial charge in [0.1, 0.15) is 6.04 Å². The molecule has 0 aliphatic carbocycles. The summed E-state index contributed by atoms with van der Waals surface area (Å²) in [6.07, 6.45) is 2.30. The normalized spacial score (nSPS) is 11.7. The average molecular weight is 375 g/mol. The Hall–Kier alpha value is -2.61. The van der Waals surface area contributed by atoms with E-state index in [0.717, 1.165) is 5.69 Å². The number of aromatic nitrogens is 2. The maximum absolute atomic E-state index is 12.6. The number of hydrogen-bond donors (Lipinski definition) is 1. The summed E-state index contributed by atoms with van der Waals surface area (Å²) in [7, 11) is 1.26. The summed E-state index contributed by atoms with van der Waals surface area (Å²) in [6, 6.07) is 9.70. The monoisotopic (exact) mass is 375 g/mol. The van der Waals surface area contributed by atoms with Crippen molar-refractivity contribution in [2.24, 2.45) is 0 Å². The molecular formula is C18H21N3O4S. The van der Waals surface area contributed by atoms with Gasteiger partial charge in [-0.05, 0) is 37.5 Å². The van der Waals surface area contributed by atoms with Crippen molar-refractivity contribution in [1.29, 1.82) is 0 Å². The lowest BCUT2D eigenvalue weighted by molar-refractivity contribution is -0.142. The van der Waals surface area contributed by atoms with Gasteiger partial charge < -0.3 is 10.1 Å². The van der Waals surface area contributed by atoms with Crippen LogP contribution in [-0.4, -0.2) is 46.8 Å². The first-order valence-electron chi connectivity index (χ1n) is 8.02. The molecule has 0 aliphatic heterocycles. The first-order valence-corrected chi connectivity index (χ1v) is 9.41. The van der Waals surface area contributed by atoms with Gasteiger partial charge in [0, 0.05) is 11.8 Å². The predicted octanol–water partition coefficient (Wildman–Crippen LogP) is 1.57. The quantitative estimate of drug-likeness (QED) is 0.739. The number of carbonyl (C=O) groups is 2. The van der Waals surface area contributed by atoms with Gasteiger partial charge in [0.15, 0.2) is 5.69 Å². The fourth-order valence-electron chi connectivity index (χ4n) is 2.39. The molecule has 0 saturated carbocycles. The third-order valence-electron chi connectivity index (χ3n) is 3.72. The first-order chi connectivity index (χ1) is 12.5. The van der Waals surface area contributed by atoms with Crippen molar-refractivity contribution in [2.45, 2.75) is 19.4 Å². The van der Waals surface area contributed by atoms with Crippen molar-refractivity contribution in [3.63, 3.8) is 0 Å². The zero-order valence-electron chi connectivity index (χ0n) is 14.9. The molecule has 0 saturated heterocycles. The van der Waals surface area contributed by atoms with E-state index in [9.17, 15) is 14.4 Å². The number of nitrogens with one attached hydrogen (secondary N) is 1. The Bertz CT molecular complexity index is 836. The van der Waals surface area contributed by atoms with E-state index in [1.807, 2.05) is 36.6 Å². The molecule has 8 heteroatoms. The minimum absolute atomic E-state index is 0.266. The maximum Gasteiger partial charge on any atom is 0.328 e. The summed E-state index contributed by atoms with van der Waals surface area (Å²) >= 11 is 1.55. The number of thioether (sulfide) groups is 1. The summed E-state index contributed by atoms with van der Waals surface area (Å²) in [6.45, 7) is 1.73. The Balaban J connectivity index is 2.33. The van der Waals surface area contributed by atoms with E-state index in [4.69, 9.17) is 4.74 Å². The molecule has 1 atom stereocenters. The molecule has 0 spiro atoms. The van der Waals surface area contributed by atoms with E-state index in [0.29, 0.717) is 17.9 Å². The van der Waals surface area contributed by atoms with Gasteiger partial charge in [-0.1, -0.05) is 18.2 Å². The summed E-state index contributed by atoms with van der Waals surface area (Å²) in [5, 5.41) is 6.75. The van der Waals surface area contributed by atoms with E-state index in [-0.39, 0.29) is 5.69 Å². The molecule has 138 valence electrons. The number of hydrogen-bond acceptors (Lipinski definition) is 6. The predicted molar refractivity (Wildman–Crippen MR) is 101 cm³/mol. The van der Waals surface area contributed by atoms with Gasteiger partial charge in [-0.15, -0.1) is 0 Å². The molecule has 1 N–H and O–H groups in total. The second-order valence-corrected chi connectivity index (χ2v) is 6.56. The van der Waals surface area contributed by atoms with Crippen LogP contribution < -0.4 is 10.7 Å². The number of amides is 1. The minimum atomic E-state index is -0.826. The SMILES string of the molecule is COC(=O)[C@H](CCSC)NC(=O)c1nn(-c2ccccc2)c(C)cc1=O. The number of benzene rings is 1. The van der Waals surface area contributed by atoms with Crippen molar-refractivity contribution < 1.29 is 14.3 Å². The molecule has 0 bridgehead atoms. The van der Waals surface area contributed by atoms with E-state index < -0.39 is 23.3 Å². The van der Waals surface area contributed by atoms with Crippen molar-refractivity contribution >= 4 is 23.6 Å². The van der Waals surface area contributed by atoms with Gasteiger partial charge >= 0.3 is 5.97 Å². The van der Waals surface area contributed by atoms with Crippen molar-refractivity contribution in [2.75, 3.05) is 19.1 Å². The maximum atomic E-state index is 12.6. The second-order valence-electron chi connectivity index (χ2n) is 5.58. The molecule has 1 aromatic carbocycles. The first kappa shape index (κ1) is 19.7. The lowest BCUT2D eigenvalue weighted by Gasteiger charge is -2.16. The molecule has 0 unspecified atom stereocenters. The van der Waals surface area contributed by atoms with E-state index in [1.165, 1.54) is 17.9 Å². The summed E-state index contributed by atoms with van der Waals surface area (Å²) in [5.41, 5.74) is 0.564. The molecular weight excluding hydrogens is 354 g/mol. The van der Waals surface area contributed by atoms with E-state index >= 15 is 0 Å². The topological polar surface area (TPSA) is 90.3 Å². The summed E-state index contributed by atoms with van der Waals surface area (Å²) < 4.78 is 6.24. The van der Waals surface area contributed by atoms with Crippen molar-refractivity contribution in [1.82, 2.24) is 15.1 Å². The van der Waals surface area contributed by atoms with Gasteiger partial charge in [-0.3, -0.25) is 9.59 Å². The number of rotatable bonds is 7. The molecule has 0 aliphatic rings. The Morgan fingerprint density at radius 2 is 2.00 bits per heavy atom. The number of ether oxygens (including phenoxy) is 1. The highest BCUT2D eigenvalue weighted by atomic mass is 32.2. The molecule has 0 radical (unpaired) electrons. The number of para-hydroxylation sites is 1. The Labute approximate surface area is 155 Å². The van der Waals surface area contributed by atoms with Crippen molar-refractivity contribution in [3.05, 3.63) is 58.0 Å². The zero-order valence-corrected chi connectivity index (χ0v) is 15.7. The number of nitrogens with zero attached hydrogens (tertiary/aromatic N) is 2. The zero-order chi connectivity index (χ0) is 19.1. The van der Waals surface area contributed by atoms with Gasteiger partial charge in [-0.2, -0.15) is 16.9 Å². The Morgan fingerprint density at radius 3 is 2.62 bits per heavy atom. The third-order valence-corrected chi connectivity index (χ3v) is 4.37. The third kappa shape index (κ3) is 4.72. The molecule has 1 aromatic heterocycles. The standard InChI is InChI=1S/C18H21N3O4S/c1-12-11-15(22)16(20-21(12)13-7-5-4-6-8-13)17(23)19-14(9-10-26-3)18(24)25-2/h4-8,11,14H,9-10H2,1-3H3,(H,19,23)/t14-/m0/s1. The van der Waals surface area contributed by atoms with E-state index in [2.05, 4.69) is 10.4 Å². The number of esters is 1. The lowest BCUT2D eigenvalue weighted by atomic mass is 10.2. The van der Waals surface area contributed by atoms with Gasteiger partial charge in [0.2, 0.25) is 5.43 Å². The van der Waals surface area contributed by atoms with Crippen LogP contribution in [-0.2, 0) is 9.53 Å². The largest absolute Gasteiger partial charge is 0.467 e. The molecule has 7 nitrogen and oxygen atoms in total. The van der Waals surface area contributed by atoms with Crippen LogP contribution in [0.25, 0.3) is 5.69 Å².